The first-order valence-electron chi connectivity index (χ1n) is 8.18. The molecular weight excluding hydrogens is 400 g/mol. The van der Waals surface area contributed by atoms with E-state index in [4.69, 9.17) is 16.3 Å². The minimum atomic E-state index is -0.137. The van der Waals surface area contributed by atoms with E-state index in [-0.39, 0.29) is 5.56 Å². The van der Waals surface area contributed by atoms with Gasteiger partial charge in [-0.1, -0.05) is 29.8 Å². The largest absolute Gasteiger partial charge is 0.497 e. The Morgan fingerprint density at radius 3 is 2.67 bits per heavy atom. The molecule has 4 rings (SSSR count). The van der Waals surface area contributed by atoms with Crippen LogP contribution in [0.4, 0.5) is 0 Å². The van der Waals surface area contributed by atoms with Crippen molar-refractivity contribution in [2.24, 2.45) is 0 Å². The molecule has 27 heavy (non-hydrogen) atoms. The number of thiophene rings is 1. The molecule has 136 valence electrons. The fourth-order valence-electron chi connectivity index (χ4n) is 2.76. The summed E-state index contributed by atoms with van der Waals surface area (Å²) in [5, 5.41) is 3.15. The molecule has 7 heteroatoms. The van der Waals surface area contributed by atoms with E-state index < -0.39 is 0 Å². The Labute approximate surface area is 169 Å². The van der Waals surface area contributed by atoms with Gasteiger partial charge in [-0.25, -0.2) is 4.98 Å². The van der Waals surface area contributed by atoms with Gasteiger partial charge in [0, 0.05) is 26.4 Å². The van der Waals surface area contributed by atoms with Gasteiger partial charge >= 0.3 is 0 Å². The zero-order chi connectivity index (χ0) is 18.8. The lowest BCUT2D eigenvalue weighted by molar-refractivity contribution is 0.414. The maximum Gasteiger partial charge on any atom is 0.260 e. The second-order valence-electron chi connectivity index (χ2n) is 5.79. The third kappa shape index (κ3) is 3.74. The molecule has 0 unspecified atom stereocenters. The zero-order valence-corrected chi connectivity index (χ0v) is 16.8. The predicted molar refractivity (Wildman–Crippen MR) is 113 cm³/mol. The van der Waals surface area contributed by atoms with Crippen molar-refractivity contribution in [2.45, 2.75) is 10.6 Å². The number of aromatic nitrogens is 2. The van der Waals surface area contributed by atoms with Gasteiger partial charge in [0.05, 0.1) is 18.2 Å². The summed E-state index contributed by atoms with van der Waals surface area (Å²) in [4.78, 5) is 22.1. The lowest BCUT2D eigenvalue weighted by atomic mass is 10.1. The first-order chi connectivity index (χ1) is 13.2. The van der Waals surface area contributed by atoms with Crippen LogP contribution in [0.5, 0.6) is 5.75 Å². The monoisotopic (exact) mass is 414 g/mol. The summed E-state index contributed by atoms with van der Waals surface area (Å²) in [6.07, 6.45) is 0. The number of nitrogens with zero attached hydrogens (tertiary/aromatic N) is 1. The standard InChI is InChI=1S/C20H15ClN2O2S2/c1-25-12-6-8-13(9-7-12)26-11-17-22-19(24)18-15(10-27-20(18)23-17)14-4-2-3-5-16(14)21/h2-10H,11H2,1H3,(H,22,23,24). The number of rotatable bonds is 5. The molecule has 0 atom stereocenters. The number of hydrogen-bond donors (Lipinski definition) is 1. The molecule has 1 N–H and O–H groups in total. The Morgan fingerprint density at radius 2 is 1.93 bits per heavy atom. The SMILES string of the molecule is COc1ccc(SCc2nc3scc(-c4ccccc4Cl)c3c(=O)[nH]2)cc1. The molecule has 0 fully saturated rings. The van der Waals surface area contributed by atoms with Crippen molar-refractivity contribution in [3.05, 3.63) is 75.1 Å². The summed E-state index contributed by atoms with van der Waals surface area (Å²) in [5.74, 6) is 2.05. The molecule has 2 aromatic carbocycles. The Balaban J connectivity index is 1.63. The van der Waals surface area contributed by atoms with Crippen LogP contribution >= 0.6 is 34.7 Å². The second kappa shape index (κ2) is 7.76. The lowest BCUT2D eigenvalue weighted by Gasteiger charge is -2.05. The first-order valence-corrected chi connectivity index (χ1v) is 10.4. The van der Waals surface area contributed by atoms with Crippen molar-refractivity contribution in [1.29, 1.82) is 0 Å². The van der Waals surface area contributed by atoms with Crippen LogP contribution in [0.2, 0.25) is 5.02 Å². The van der Waals surface area contributed by atoms with Crippen molar-refractivity contribution >= 4 is 44.9 Å². The van der Waals surface area contributed by atoms with Crippen LogP contribution in [-0.2, 0) is 5.75 Å². The number of nitrogens with one attached hydrogen (secondary N) is 1. The molecule has 0 aliphatic carbocycles. The normalized spacial score (nSPS) is 11.0. The Bertz CT molecular complexity index is 1150. The number of aromatic amines is 1. The molecule has 4 aromatic rings. The average molecular weight is 415 g/mol. The molecule has 0 aliphatic rings. The van der Waals surface area contributed by atoms with Gasteiger partial charge in [0.1, 0.15) is 16.4 Å². The van der Waals surface area contributed by atoms with E-state index >= 15 is 0 Å². The summed E-state index contributed by atoms with van der Waals surface area (Å²) in [6, 6.07) is 15.3. The summed E-state index contributed by atoms with van der Waals surface area (Å²) in [5.41, 5.74) is 1.53. The third-order valence-corrected chi connectivity index (χ3v) is 6.32. The quantitative estimate of drug-likeness (QED) is 0.431. The second-order valence-corrected chi connectivity index (χ2v) is 8.10. The zero-order valence-electron chi connectivity index (χ0n) is 14.4. The number of methoxy groups -OCH3 is 1. The van der Waals surface area contributed by atoms with Crippen molar-refractivity contribution in [2.75, 3.05) is 7.11 Å². The fraction of sp³-hybridized carbons (Fsp3) is 0.100. The number of ether oxygens (including phenoxy) is 1. The highest BCUT2D eigenvalue weighted by molar-refractivity contribution is 7.98. The molecular formula is C20H15ClN2O2S2. The molecule has 0 saturated carbocycles. The summed E-state index contributed by atoms with van der Waals surface area (Å²) >= 11 is 9.37. The maximum absolute atomic E-state index is 12.7. The number of fused-ring (bicyclic) bond motifs is 1. The van der Waals surface area contributed by atoms with Crippen molar-refractivity contribution in [3.63, 3.8) is 0 Å². The van der Waals surface area contributed by atoms with Gasteiger partial charge in [-0.3, -0.25) is 4.79 Å². The average Bonchev–Trinajstić information content (AvgIpc) is 3.11. The Hall–Kier alpha value is -2.28. The summed E-state index contributed by atoms with van der Waals surface area (Å²) < 4.78 is 5.17. The van der Waals surface area contributed by atoms with Crippen LogP contribution in [0, 0.1) is 0 Å². The van der Waals surface area contributed by atoms with Gasteiger partial charge in [0.25, 0.3) is 5.56 Å². The van der Waals surface area contributed by atoms with E-state index in [2.05, 4.69) is 9.97 Å². The minimum absolute atomic E-state index is 0.137. The number of H-pyrrole nitrogens is 1. The molecule has 2 heterocycles. The van der Waals surface area contributed by atoms with Gasteiger partial charge in [-0.2, -0.15) is 0 Å². The van der Waals surface area contributed by atoms with Gasteiger partial charge in [-0.05, 0) is 30.3 Å². The van der Waals surface area contributed by atoms with Crippen LogP contribution in [0.15, 0.2) is 63.6 Å². The van der Waals surface area contributed by atoms with Crippen LogP contribution in [0.25, 0.3) is 21.3 Å². The van der Waals surface area contributed by atoms with E-state index in [0.717, 1.165) is 26.6 Å². The molecule has 0 aliphatic heterocycles. The van der Waals surface area contributed by atoms with Crippen molar-refractivity contribution in [3.8, 4) is 16.9 Å². The van der Waals surface area contributed by atoms with E-state index in [0.29, 0.717) is 22.0 Å². The number of halogens is 1. The fourth-order valence-corrected chi connectivity index (χ4v) is 4.73. The molecule has 4 nitrogen and oxygen atoms in total. The van der Waals surface area contributed by atoms with Crippen LogP contribution in [-0.4, -0.2) is 17.1 Å². The number of benzene rings is 2. The smallest absolute Gasteiger partial charge is 0.260 e. The van der Waals surface area contributed by atoms with E-state index in [1.165, 1.54) is 11.3 Å². The maximum atomic E-state index is 12.7. The van der Waals surface area contributed by atoms with Gasteiger partial charge in [-0.15, -0.1) is 23.1 Å². The van der Waals surface area contributed by atoms with Crippen molar-refractivity contribution in [1.82, 2.24) is 9.97 Å². The minimum Gasteiger partial charge on any atom is -0.497 e. The Morgan fingerprint density at radius 1 is 1.15 bits per heavy atom. The van der Waals surface area contributed by atoms with E-state index in [1.807, 2.05) is 53.9 Å². The predicted octanol–water partition coefficient (Wildman–Crippen LogP) is 5.61. The van der Waals surface area contributed by atoms with E-state index in [1.54, 1.807) is 18.9 Å². The highest BCUT2D eigenvalue weighted by atomic mass is 35.5. The topological polar surface area (TPSA) is 55.0 Å². The van der Waals surface area contributed by atoms with Gasteiger partial charge < -0.3 is 9.72 Å². The van der Waals surface area contributed by atoms with Gasteiger partial charge in [0.15, 0.2) is 0 Å². The molecule has 0 saturated heterocycles. The molecule has 2 aromatic heterocycles. The number of hydrogen-bond acceptors (Lipinski definition) is 5. The Kier molecular flexibility index (Phi) is 5.20. The lowest BCUT2D eigenvalue weighted by Crippen LogP contribution is -2.10. The number of thioether (sulfide) groups is 1. The summed E-state index contributed by atoms with van der Waals surface area (Å²) in [7, 11) is 1.64. The summed E-state index contributed by atoms with van der Waals surface area (Å²) in [6.45, 7) is 0. The van der Waals surface area contributed by atoms with E-state index in [9.17, 15) is 4.79 Å². The van der Waals surface area contributed by atoms with Crippen LogP contribution in [0.1, 0.15) is 5.82 Å². The first kappa shape index (κ1) is 18.1. The van der Waals surface area contributed by atoms with Crippen LogP contribution < -0.4 is 10.3 Å². The molecule has 0 radical (unpaired) electrons. The molecule has 0 amide bonds. The van der Waals surface area contributed by atoms with Gasteiger partial charge in [0.2, 0.25) is 0 Å². The third-order valence-electron chi connectivity index (χ3n) is 4.09. The molecule has 0 bridgehead atoms. The van der Waals surface area contributed by atoms with Crippen molar-refractivity contribution < 1.29 is 4.74 Å². The highest BCUT2D eigenvalue weighted by Gasteiger charge is 2.14. The highest BCUT2D eigenvalue weighted by Crippen LogP contribution is 2.35. The van der Waals surface area contributed by atoms with Crippen LogP contribution in [0.3, 0.4) is 0 Å². The molecule has 0 spiro atoms.